The van der Waals surface area contributed by atoms with Crippen LogP contribution in [0.4, 0.5) is 0 Å². The summed E-state index contributed by atoms with van der Waals surface area (Å²) >= 11 is 0. The number of nitrogens with zero attached hydrogens (tertiary/aromatic N) is 2. The molecule has 1 aromatic carbocycles. The molecule has 0 spiro atoms. The molecular formula is C14H19N3O. The molecule has 2 N–H and O–H groups in total. The lowest BCUT2D eigenvalue weighted by atomic mass is 10.1. The van der Waals surface area contributed by atoms with Crippen molar-refractivity contribution in [2.75, 3.05) is 13.6 Å². The van der Waals surface area contributed by atoms with Crippen molar-refractivity contribution >= 4 is 0 Å². The molecule has 0 saturated heterocycles. The van der Waals surface area contributed by atoms with E-state index in [1.165, 1.54) is 0 Å². The highest BCUT2D eigenvalue weighted by atomic mass is 16.5. The molecule has 0 aliphatic carbocycles. The summed E-state index contributed by atoms with van der Waals surface area (Å²) < 4.78 is 5.36. The van der Waals surface area contributed by atoms with Gasteiger partial charge in [-0.15, -0.1) is 0 Å². The second-order valence-corrected chi connectivity index (χ2v) is 4.55. The van der Waals surface area contributed by atoms with Crippen LogP contribution < -0.4 is 5.73 Å². The van der Waals surface area contributed by atoms with Gasteiger partial charge in [0.2, 0.25) is 0 Å². The highest BCUT2D eigenvalue weighted by molar-refractivity contribution is 5.56. The van der Waals surface area contributed by atoms with E-state index in [0.717, 1.165) is 23.6 Å². The smallest absolute Gasteiger partial charge is 0.167 e. The zero-order valence-electron chi connectivity index (χ0n) is 10.8. The lowest BCUT2D eigenvalue weighted by molar-refractivity contribution is 0.247. The zero-order valence-corrected chi connectivity index (χ0v) is 10.8. The molecule has 0 amide bonds. The SMILES string of the molecule is CC(CN)N(C)Cc1cc(-c2ccccc2)on1. The van der Waals surface area contributed by atoms with E-state index in [-0.39, 0.29) is 0 Å². The van der Waals surface area contributed by atoms with Crippen molar-refractivity contribution in [1.29, 1.82) is 0 Å². The molecule has 0 fully saturated rings. The Bertz CT molecular complexity index is 481. The predicted octanol–water partition coefficient (Wildman–Crippen LogP) is 2.12. The zero-order chi connectivity index (χ0) is 13.0. The van der Waals surface area contributed by atoms with Gasteiger partial charge in [0.1, 0.15) is 0 Å². The number of rotatable bonds is 5. The quantitative estimate of drug-likeness (QED) is 0.876. The number of hydrogen-bond acceptors (Lipinski definition) is 4. The lowest BCUT2D eigenvalue weighted by Gasteiger charge is -2.21. The second kappa shape index (κ2) is 5.80. The fourth-order valence-electron chi connectivity index (χ4n) is 1.72. The van der Waals surface area contributed by atoms with Crippen LogP contribution in [-0.4, -0.2) is 29.7 Å². The van der Waals surface area contributed by atoms with Crippen LogP contribution >= 0.6 is 0 Å². The maximum Gasteiger partial charge on any atom is 0.167 e. The minimum Gasteiger partial charge on any atom is -0.356 e. The van der Waals surface area contributed by atoms with Gasteiger partial charge in [0, 0.05) is 30.8 Å². The van der Waals surface area contributed by atoms with Crippen LogP contribution in [-0.2, 0) is 6.54 Å². The summed E-state index contributed by atoms with van der Waals surface area (Å²) in [5.74, 6) is 0.805. The van der Waals surface area contributed by atoms with E-state index >= 15 is 0 Å². The van der Waals surface area contributed by atoms with E-state index in [9.17, 15) is 0 Å². The average molecular weight is 245 g/mol. The van der Waals surface area contributed by atoms with Crippen molar-refractivity contribution in [2.24, 2.45) is 5.73 Å². The van der Waals surface area contributed by atoms with Crippen LogP contribution in [0.3, 0.4) is 0 Å². The summed E-state index contributed by atoms with van der Waals surface area (Å²) in [5.41, 5.74) is 7.61. The van der Waals surface area contributed by atoms with E-state index in [0.29, 0.717) is 12.6 Å². The number of hydrogen-bond donors (Lipinski definition) is 1. The van der Waals surface area contributed by atoms with Crippen molar-refractivity contribution in [3.05, 3.63) is 42.1 Å². The van der Waals surface area contributed by atoms with Crippen molar-refractivity contribution < 1.29 is 4.52 Å². The largest absolute Gasteiger partial charge is 0.356 e. The molecule has 0 aliphatic rings. The Hall–Kier alpha value is -1.65. The molecule has 1 aromatic heterocycles. The summed E-state index contributed by atoms with van der Waals surface area (Å²) in [6.07, 6.45) is 0. The molecule has 2 aromatic rings. The third-order valence-corrected chi connectivity index (χ3v) is 3.12. The highest BCUT2D eigenvalue weighted by Gasteiger charge is 2.11. The van der Waals surface area contributed by atoms with Gasteiger partial charge in [-0.05, 0) is 14.0 Å². The Labute approximate surface area is 107 Å². The van der Waals surface area contributed by atoms with Gasteiger partial charge in [-0.1, -0.05) is 35.5 Å². The van der Waals surface area contributed by atoms with Crippen LogP contribution in [0.2, 0.25) is 0 Å². The summed E-state index contributed by atoms with van der Waals surface area (Å²) in [4.78, 5) is 2.16. The molecule has 0 radical (unpaired) electrons. The lowest BCUT2D eigenvalue weighted by Crippen LogP contribution is -2.34. The van der Waals surface area contributed by atoms with Crippen LogP contribution in [0.15, 0.2) is 40.9 Å². The summed E-state index contributed by atoms with van der Waals surface area (Å²) in [6.45, 7) is 3.48. The average Bonchev–Trinajstić information content (AvgIpc) is 2.87. The minimum absolute atomic E-state index is 0.335. The third-order valence-electron chi connectivity index (χ3n) is 3.12. The Morgan fingerprint density at radius 1 is 1.33 bits per heavy atom. The van der Waals surface area contributed by atoms with Gasteiger partial charge in [-0.2, -0.15) is 0 Å². The molecule has 96 valence electrons. The van der Waals surface area contributed by atoms with Crippen LogP contribution in [0, 0.1) is 0 Å². The topological polar surface area (TPSA) is 55.3 Å². The third kappa shape index (κ3) is 2.97. The van der Waals surface area contributed by atoms with E-state index in [2.05, 4.69) is 17.0 Å². The van der Waals surface area contributed by atoms with Crippen molar-refractivity contribution in [1.82, 2.24) is 10.1 Å². The van der Waals surface area contributed by atoms with Gasteiger partial charge < -0.3 is 10.3 Å². The van der Waals surface area contributed by atoms with E-state index in [1.54, 1.807) is 0 Å². The molecule has 18 heavy (non-hydrogen) atoms. The maximum absolute atomic E-state index is 5.64. The molecule has 4 heteroatoms. The number of benzene rings is 1. The number of nitrogens with two attached hydrogens (primary N) is 1. The molecular weight excluding hydrogens is 226 g/mol. The van der Waals surface area contributed by atoms with Gasteiger partial charge in [-0.25, -0.2) is 0 Å². The minimum atomic E-state index is 0.335. The Balaban J connectivity index is 2.07. The fourth-order valence-corrected chi connectivity index (χ4v) is 1.72. The van der Waals surface area contributed by atoms with Gasteiger partial charge in [0.15, 0.2) is 5.76 Å². The molecule has 1 heterocycles. The summed E-state index contributed by atoms with van der Waals surface area (Å²) in [6, 6.07) is 12.3. The van der Waals surface area contributed by atoms with Gasteiger partial charge in [0.05, 0.1) is 5.69 Å². The van der Waals surface area contributed by atoms with Gasteiger partial charge in [0.25, 0.3) is 0 Å². The summed E-state index contributed by atoms with van der Waals surface area (Å²) in [5, 5.41) is 4.09. The normalized spacial score (nSPS) is 12.9. The fraction of sp³-hybridized carbons (Fsp3) is 0.357. The molecule has 0 aliphatic heterocycles. The Morgan fingerprint density at radius 3 is 2.72 bits per heavy atom. The van der Waals surface area contributed by atoms with E-state index in [1.807, 2.05) is 43.4 Å². The highest BCUT2D eigenvalue weighted by Crippen LogP contribution is 2.20. The maximum atomic E-state index is 5.64. The van der Waals surface area contributed by atoms with Crippen molar-refractivity contribution in [2.45, 2.75) is 19.5 Å². The van der Waals surface area contributed by atoms with Crippen LogP contribution in [0.1, 0.15) is 12.6 Å². The second-order valence-electron chi connectivity index (χ2n) is 4.55. The molecule has 0 saturated carbocycles. The first-order chi connectivity index (χ1) is 8.70. The van der Waals surface area contributed by atoms with Gasteiger partial charge >= 0.3 is 0 Å². The van der Waals surface area contributed by atoms with Crippen molar-refractivity contribution in [3.63, 3.8) is 0 Å². The number of likely N-dealkylation sites (N-methyl/N-ethyl adjacent to an activating group) is 1. The van der Waals surface area contributed by atoms with Crippen molar-refractivity contribution in [3.8, 4) is 11.3 Å². The van der Waals surface area contributed by atoms with E-state index in [4.69, 9.17) is 10.3 Å². The molecule has 4 nitrogen and oxygen atoms in total. The Morgan fingerprint density at radius 2 is 2.06 bits per heavy atom. The molecule has 2 rings (SSSR count). The van der Waals surface area contributed by atoms with Gasteiger partial charge in [-0.3, -0.25) is 4.90 Å². The van der Waals surface area contributed by atoms with E-state index < -0.39 is 0 Å². The first-order valence-corrected chi connectivity index (χ1v) is 6.12. The predicted molar refractivity (Wildman–Crippen MR) is 71.9 cm³/mol. The standard InChI is InChI=1S/C14H19N3O/c1-11(9-15)17(2)10-13-8-14(18-16-13)12-6-4-3-5-7-12/h3-8,11H,9-10,15H2,1-2H3. The molecule has 1 unspecified atom stereocenters. The monoisotopic (exact) mass is 245 g/mol. The Kier molecular flexibility index (Phi) is 4.12. The molecule has 1 atom stereocenters. The molecule has 0 bridgehead atoms. The first kappa shape index (κ1) is 12.8. The first-order valence-electron chi connectivity index (χ1n) is 6.12. The van der Waals surface area contributed by atoms with Crippen LogP contribution in [0.5, 0.6) is 0 Å². The summed E-state index contributed by atoms with van der Waals surface area (Å²) in [7, 11) is 2.04. The number of aromatic nitrogens is 1. The van der Waals surface area contributed by atoms with Crippen LogP contribution in [0.25, 0.3) is 11.3 Å².